The summed E-state index contributed by atoms with van der Waals surface area (Å²) >= 11 is 0. The monoisotopic (exact) mass is 513 g/mol. The Morgan fingerprint density at radius 3 is 1.70 bits per heavy atom. The Labute approximate surface area is 218 Å². The number of rotatable bonds is 13. The average molecular weight is 514 g/mol. The SMILES string of the molecule is CC(C)CC(=O)N[C@@H](Cc1ccc(O)cc1)C(=O)N[C@H](C(=O)N[C@H](CO)Cc1ccc(O)cc1)C(C)C. The van der Waals surface area contributed by atoms with Crippen LogP contribution in [0.2, 0.25) is 0 Å². The molecule has 2 rings (SSSR count). The van der Waals surface area contributed by atoms with E-state index in [4.69, 9.17) is 0 Å². The second kappa shape index (κ2) is 14.2. The zero-order valence-corrected chi connectivity index (χ0v) is 21.9. The van der Waals surface area contributed by atoms with Crippen LogP contribution in [0.1, 0.15) is 45.2 Å². The van der Waals surface area contributed by atoms with Crippen LogP contribution >= 0.6 is 0 Å². The number of benzene rings is 2. The maximum Gasteiger partial charge on any atom is 0.243 e. The van der Waals surface area contributed by atoms with Crippen LogP contribution < -0.4 is 16.0 Å². The summed E-state index contributed by atoms with van der Waals surface area (Å²) in [5.41, 5.74) is 1.56. The van der Waals surface area contributed by atoms with Gasteiger partial charge in [-0.1, -0.05) is 52.0 Å². The van der Waals surface area contributed by atoms with Crippen LogP contribution in [0.4, 0.5) is 0 Å². The Morgan fingerprint density at radius 2 is 1.24 bits per heavy atom. The first kappa shape index (κ1) is 29.6. The van der Waals surface area contributed by atoms with Crippen molar-refractivity contribution in [1.29, 1.82) is 0 Å². The lowest BCUT2D eigenvalue weighted by Gasteiger charge is -2.27. The second-order valence-corrected chi connectivity index (χ2v) is 10.1. The van der Waals surface area contributed by atoms with Gasteiger partial charge in [0, 0.05) is 12.8 Å². The number of hydrogen-bond acceptors (Lipinski definition) is 6. The van der Waals surface area contributed by atoms with Gasteiger partial charge in [0.1, 0.15) is 23.6 Å². The first-order chi connectivity index (χ1) is 17.5. The fourth-order valence-electron chi connectivity index (χ4n) is 3.86. The Morgan fingerprint density at radius 1 is 0.730 bits per heavy atom. The molecule has 202 valence electrons. The Kier molecular flexibility index (Phi) is 11.4. The van der Waals surface area contributed by atoms with Crippen molar-refractivity contribution >= 4 is 17.7 Å². The first-order valence-corrected chi connectivity index (χ1v) is 12.5. The quantitative estimate of drug-likeness (QED) is 0.241. The number of hydrogen-bond donors (Lipinski definition) is 6. The molecule has 0 aliphatic carbocycles. The van der Waals surface area contributed by atoms with Gasteiger partial charge in [-0.3, -0.25) is 14.4 Å². The van der Waals surface area contributed by atoms with Gasteiger partial charge in [-0.2, -0.15) is 0 Å². The summed E-state index contributed by atoms with van der Waals surface area (Å²) in [4.78, 5) is 38.9. The van der Waals surface area contributed by atoms with E-state index in [0.717, 1.165) is 11.1 Å². The summed E-state index contributed by atoms with van der Waals surface area (Å²) in [6, 6.07) is 10.4. The van der Waals surface area contributed by atoms with E-state index >= 15 is 0 Å². The smallest absolute Gasteiger partial charge is 0.243 e. The molecular weight excluding hydrogens is 474 g/mol. The molecule has 0 aliphatic heterocycles. The van der Waals surface area contributed by atoms with E-state index in [1.807, 2.05) is 13.8 Å². The molecule has 0 spiro atoms. The molecule has 2 aromatic rings. The van der Waals surface area contributed by atoms with E-state index in [1.54, 1.807) is 38.1 Å². The molecule has 9 nitrogen and oxygen atoms in total. The third-order valence-electron chi connectivity index (χ3n) is 5.85. The molecule has 0 bridgehead atoms. The number of aliphatic hydroxyl groups is 1. The lowest BCUT2D eigenvalue weighted by atomic mass is 9.99. The molecule has 3 amide bonds. The van der Waals surface area contributed by atoms with Gasteiger partial charge >= 0.3 is 0 Å². The van der Waals surface area contributed by atoms with Crippen molar-refractivity contribution in [2.45, 2.75) is 65.1 Å². The van der Waals surface area contributed by atoms with E-state index in [1.165, 1.54) is 24.3 Å². The van der Waals surface area contributed by atoms with Crippen LogP contribution in [0.5, 0.6) is 11.5 Å². The molecular formula is C28H39N3O6. The summed E-state index contributed by atoms with van der Waals surface area (Å²) in [5, 5.41) is 37.2. The van der Waals surface area contributed by atoms with Crippen LogP contribution in [0.3, 0.4) is 0 Å². The van der Waals surface area contributed by atoms with Gasteiger partial charge in [0.2, 0.25) is 17.7 Å². The highest BCUT2D eigenvalue weighted by molar-refractivity contribution is 5.92. The molecule has 0 heterocycles. The molecule has 0 fully saturated rings. The van der Waals surface area contributed by atoms with E-state index in [0.29, 0.717) is 6.42 Å². The highest BCUT2D eigenvalue weighted by Crippen LogP contribution is 2.14. The number of nitrogens with one attached hydrogen (secondary N) is 3. The summed E-state index contributed by atoms with van der Waals surface area (Å²) in [5.74, 6) is -1.16. The summed E-state index contributed by atoms with van der Waals surface area (Å²) in [6.45, 7) is 7.10. The van der Waals surface area contributed by atoms with Gasteiger partial charge in [0.25, 0.3) is 0 Å². The summed E-state index contributed by atoms with van der Waals surface area (Å²) in [7, 11) is 0. The maximum absolute atomic E-state index is 13.3. The Hall–Kier alpha value is -3.59. The second-order valence-electron chi connectivity index (χ2n) is 10.1. The predicted molar refractivity (Wildman–Crippen MR) is 141 cm³/mol. The predicted octanol–water partition coefficient (Wildman–Crippen LogP) is 2.03. The molecule has 0 radical (unpaired) electrons. The fourth-order valence-corrected chi connectivity index (χ4v) is 3.86. The lowest BCUT2D eigenvalue weighted by molar-refractivity contribution is -0.133. The van der Waals surface area contributed by atoms with Crippen LogP contribution in [0.15, 0.2) is 48.5 Å². The topological polar surface area (TPSA) is 148 Å². The largest absolute Gasteiger partial charge is 0.508 e. The van der Waals surface area contributed by atoms with Gasteiger partial charge in [0.15, 0.2) is 0 Å². The summed E-state index contributed by atoms with van der Waals surface area (Å²) < 4.78 is 0. The van der Waals surface area contributed by atoms with E-state index in [2.05, 4.69) is 16.0 Å². The number of phenolic OH excluding ortho intramolecular Hbond substituents is 2. The number of carbonyl (C=O) groups is 3. The van der Waals surface area contributed by atoms with Crippen molar-refractivity contribution in [3.8, 4) is 11.5 Å². The van der Waals surface area contributed by atoms with Crippen molar-refractivity contribution in [1.82, 2.24) is 16.0 Å². The van der Waals surface area contributed by atoms with Crippen molar-refractivity contribution in [3.05, 3.63) is 59.7 Å². The van der Waals surface area contributed by atoms with Gasteiger partial charge in [-0.05, 0) is 53.6 Å². The zero-order chi connectivity index (χ0) is 27.5. The molecule has 9 heteroatoms. The van der Waals surface area contributed by atoms with Crippen LogP contribution in [-0.4, -0.2) is 57.8 Å². The van der Waals surface area contributed by atoms with Crippen molar-refractivity contribution in [2.75, 3.05) is 6.61 Å². The van der Waals surface area contributed by atoms with Gasteiger partial charge in [0.05, 0.1) is 12.6 Å². The molecule has 2 aromatic carbocycles. The highest BCUT2D eigenvalue weighted by Gasteiger charge is 2.30. The minimum absolute atomic E-state index is 0.0934. The third-order valence-corrected chi connectivity index (χ3v) is 5.85. The van der Waals surface area contributed by atoms with Gasteiger partial charge < -0.3 is 31.3 Å². The van der Waals surface area contributed by atoms with Crippen LogP contribution in [0.25, 0.3) is 0 Å². The van der Waals surface area contributed by atoms with Gasteiger partial charge in [-0.25, -0.2) is 0 Å². The average Bonchev–Trinajstić information content (AvgIpc) is 2.83. The normalized spacial score (nSPS) is 13.6. The molecule has 0 saturated carbocycles. The van der Waals surface area contributed by atoms with Crippen molar-refractivity contribution in [3.63, 3.8) is 0 Å². The number of phenols is 2. The molecule has 6 N–H and O–H groups in total. The molecule has 3 atom stereocenters. The van der Waals surface area contributed by atoms with Gasteiger partial charge in [-0.15, -0.1) is 0 Å². The molecule has 37 heavy (non-hydrogen) atoms. The van der Waals surface area contributed by atoms with Crippen molar-refractivity contribution < 1.29 is 29.7 Å². The highest BCUT2D eigenvalue weighted by atomic mass is 16.3. The number of amides is 3. The van der Waals surface area contributed by atoms with Crippen LogP contribution in [0, 0.1) is 11.8 Å². The third kappa shape index (κ3) is 10.1. The van der Waals surface area contributed by atoms with Crippen LogP contribution in [-0.2, 0) is 27.2 Å². The number of aromatic hydroxyl groups is 2. The summed E-state index contributed by atoms with van der Waals surface area (Å²) in [6.07, 6.45) is 0.779. The van der Waals surface area contributed by atoms with E-state index in [-0.39, 0.29) is 48.7 Å². The standard InChI is InChI=1S/C28H39N3O6/c1-17(2)13-25(35)30-24(15-20-7-11-23(34)12-8-20)27(36)31-26(18(3)4)28(37)29-21(16-32)14-19-5-9-22(33)10-6-19/h5-12,17-18,21,24,26,32-34H,13-16H2,1-4H3,(H,29,37)(H,30,35)(H,31,36)/t21-,24-,26-/m0/s1. The lowest BCUT2D eigenvalue weighted by Crippen LogP contribution is -2.57. The molecule has 0 aliphatic rings. The maximum atomic E-state index is 13.3. The minimum Gasteiger partial charge on any atom is -0.508 e. The van der Waals surface area contributed by atoms with Crippen molar-refractivity contribution in [2.24, 2.45) is 11.8 Å². The van der Waals surface area contributed by atoms with E-state index in [9.17, 15) is 29.7 Å². The molecule has 0 saturated heterocycles. The molecule has 0 aromatic heterocycles. The Balaban J connectivity index is 2.13. The number of aliphatic hydroxyl groups excluding tert-OH is 1. The zero-order valence-electron chi connectivity index (χ0n) is 21.9. The first-order valence-electron chi connectivity index (χ1n) is 12.5. The Bertz CT molecular complexity index is 1020. The molecule has 0 unspecified atom stereocenters. The fraction of sp³-hybridized carbons (Fsp3) is 0.464. The number of carbonyl (C=O) groups excluding carboxylic acids is 3. The minimum atomic E-state index is -0.921. The van der Waals surface area contributed by atoms with E-state index < -0.39 is 29.9 Å².